The van der Waals surface area contributed by atoms with Crippen LogP contribution >= 0.6 is 0 Å². The summed E-state index contributed by atoms with van der Waals surface area (Å²) >= 11 is 0. The van der Waals surface area contributed by atoms with Gasteiger partial charge in [0.2, 0.25) is 15.8 Å². The first-order chi connectivity index (χ1) is 11.3. The number of nitrogens with one attached hydrogen (secondary N) is 1. The van der Waals surface area contributed by atoms with Crippen molar-refractivity contribution in [3.8, 4) is 22.8 Å². The number of nitrogens with zero attached hydrogens (tertiary/aromatic N) is 2. The van der Waals surface area contributed by atoms with E-state index < -0.39 is 10.0 Å². The van der Waals surface area contributed by atoms with Crippen molar-refractivity contribution in [2.45, 2.75) is 6.92 Å². The minimum absolute atomic E-state index is 0.210. The first kappa shape index (κ1) is 16.1. The second-order valence-electron chi connectivity index (χ2n) is 5.34. The molecule has 0 radical (unpaired) electrons. The average Bonchev–Trinajstić information content (AvgIpc) is 2.99. The molecule has 24 heavy (non-hydrogen) atoms. The van der Waals surface area contributed by atoms with Gasteiger partial charge in [0.05, 0.1) is 6.26 Å². The van der Waals surface area contributed by atoms with Crippen molar-refractivity contribution in [1.82, 2.24) is 10.1 Å². The molecule has 0 fully saturated rings. The zero-order chi connectivity index (χ0) is 17.3. The van der Waals surface area contributed by atoms with Gasteiger partial charge < -0.3 is 4.52 Å². The van der Waals surface area contributed by atoms with E-state index in [1.807, 2.05) is 0 Å². The largest absolute Gasteiger partial charge is 0.334 e. The Morgan fingerprint density at radius 1 is 1.08 bits per heavy atom. The molecule has 0 aliphatic heterocycles. The molecule has 0 unspecified atom stereocenters. The van der Waals surface area contributed by atoms with Crippen LogP contribution in [0.2, 0.25) is 0 Å². The molecule has 0 atom stereocenters. The summed E-state index contributed by atoms with van der Waals surface area (Å²) in [4.78, 5) is 4.24. The van der Waals surface area contributed by atoms with Gasteiger partial charge in [-0.25, -0.2) is 12.8 Å². The lowest BCUT2D eigenvalue weighted by Crippen LogP contribution is -2.09. The van der Waals surface area contributed by atoms with Crippen LogP contribution in [0.3, 0.4) is 0 Å². The number of aromatic nitrogens is 2. The third kappa shape index (κ3) is 3.60. The third-order valence-corrected chi connectivity index (χ3v) is 3.90. The van der Waals surface area contributed by atoms with E-state index in [4.69, 9.17) is 4.52 Å². The van der Waals surface area contributed by atoms with Crippen LogP contribution < -0.4 is 4.72 Å². The van der Waals surface area contributed by atoms with Crippen LogP contribution in [0.5, 0.6) is 0 Å². The Morgan fingerprint density at radius 2 is 1.75 bits per heavy atom. The number of aryl methyl sites for hydroxylation is 1. The molecular weight excluding hydrogens is 333 g/mol. The molecule has 3 aromatic rings. The highest BCUT2D eigenvalue weighted by Crippen LogP contribution is 2.24. The van der Waals surface area contributed by atoms with Crippen LogP contribution in [0, 0.1) is 12.7 Å². The quantitative estimate of drug-likeness (QED) is 0.783. The van der Waals surface area contributed by atoms with Gasteiger partial charge >= 0.3 is 0 Å². The zero-order valence-corrected chi connectivity index (χ0v) is 13.8. The lowest BCUT2D eigenvalue weighted by atomic mass is 10.1. The van der Waals surface area contributed by atoms with Crippen molar-refractivity contribution in [3.05, 3.63) is 53.8 Å². The molecule has 1 N–H and O–H groups in total. The topological polar surface area (TPSA) is 85.1 Å². The fourth-order valence-electron chi connectivity index (χ4n) is 2.09. The Labute approximate surface area is 138 Å². The first-order valence-electron chi connectivity index (χ1n) is 7.00. The zero-order valence-electron chi connectivity index (χ0n) is 12.9. The van der Waals surface area contributed by atoms with Crippen LogP contribution in [0.15, 0.2) is 47.0 Å². The molecule has 0 spiro atoms. The van der Waals surface area contributed by atoms with E-state index in [0.717, 1.165) is 6.26 Å². The molecule has 2 aromatic carbocycles. The van der Waals surface area contributed by atoms with Crippen molar-refractivity contribution in [2.75, 3.05) is 11.0 Å². The van der Waals surface area contributed by atoms with Gasteiger partial charge in [-0.2, -0.15) is 4.98 Å². The van der Waals surface area contributed by atoms with E-state index in [0.29, 0.717) is 28.2 Å². The number of rotatable bonds is 4. The van der Waals surface area contributed by atoms with Gasteiger partial charge in [0, 0.05) is 16.8 Å². The van der Waals surface area contributed by atoms with Crippen molar-refractivity contribution in [3.63, 3.8) is 0 Å². The Hall–Kier alpha value is -2.74. The molecule has 3 rings (SSSR count). The molecule has 0 saturated heterocycles. The van der Waals surface area contributed by atoms with E-state index in [-0.39, 0.29) is 11.7 Å². The van der Waals surface area contributed by atoms with Crippen molar-refractivity contribution in [2.24, 2.45) is 0 Å². The SMILES string of the molecule is Cc1ccc(-c2nc(-c3ccc(NS(C)(=O)=O)cc3)no2)cc1F. The maximum absolute atomic E-state index is 13.6. The van der Waals surface area contributed by atoms with Gasteiger partial charge in [0.15, 0.2) is 0 Å². The number of sulfonamides is 1. The normalized spacial score (nSPS) is 11.5. The van der Waals surface area contributed by atoms with Crippen LogP contribution in [0.4, 0.5) is 10.1 Å². The highest BCUT2D eigenvalue weighted by atomic mass is 32.2. The molecular formula is C16H14FN3O3S. The summed E-state index contributed by atoms with van der Waals surface area (Å²) < 4.78 is 43.5. The van der Waals surface area contributed by atoms with Crippen molar-refractivity contribution >= 4 is 15.7 Å². The summed E-state index contributed by atoms with van der Waals surface area (Å²) in [7, 11) is -3.33. The molecule has 1 heterocycles. The lowest BCUT2D eigenvalue weighted by Gasteiger charge is -2.03. The third-order valence-electron chi connectivity index (χ3n) is 3.29. The van der Waals surface area contributed by atoms with Crippen LogP contribution in [-0.4, -0.2) is 24.8 Å². The number of hydrogen-bond acceptors (Lipinski definition) is 5. The minimum atomic E-state index is -3.33. The van der Waals surface area contributed by atoms with E-state index in [1.165, 1.54) is 6.07 Å². The Morgan fingerprint density at radius 3 is 2.38 bits per heavy atom. The first-order valence-corrected chi connectivity index (χ1v) is 8.89. The number of anilines is 1. The van der Waals surface area contributed by atoms with Gasteiger partial charge in [-0.1, -0.05) is 11.2 Å². The molecule has 1 aromatic heterocycles. The van der Waals surface area contributed by atoms with E-state index >= 15 is 0 Å². The van der Waals surface area contributed by atoms with Gasteiger partial charge in [0.25, 0.3) is 5.89 Å². The number of halogens is 1. The maximum atomic E-state index is 13.6. The average molecular weight is 347 g/mol. The van der Waals surface area contributed by atoms with Crippen LogP contribution in [-0.2, 0) is 10.0 Å². The summed E-state index contributed by atoms with van der Waals surface area (Å²) in [5.41, 5.74) is 2.11. The lowest BCUT2D eigenvalue weighted by molar-refractivity contribution is 0.432. The number of benzene rings is 2. The second kappa shape index (κ2) is 6.04. The van der Waals surface area contributed by atoms with E-state index in [1.54, 1.807) is 43.3 Å². The molecule has 8 heteroatoms. The monoisotopic (exact) mass is 347 g/mol. The second-order valence-corrected chi connectivity index (χ2v) is 7.09. The molecule has 0 amide bonds. The predicted molar refractivity (Wildman–Crippen MR) is 88.3 cm³/mol. The molecule has 0 bridgehead atoms. The van der Waals surface area contributed by atoms with Gasteiger partial charge in [-0.3, -0.25) is 4.72 Å². The number of hydrogen-bond donors (Lipinski definition) is 1. The molecule has 0 aliphatic rings. The summed E-state index contributed by atoms with van der Waals surface area (Å²) in [5, 5.41) is 3.87. The fourth-order valence-corrected chi connectivity index (χ4v) is 2.65. The van der Waals surface area contributed by atoms with Crippen molar-refractivity contribution < 1.29 is 17.3 Å². The standard InChI is InChI=1S/C16H14FN3O3S/c1-10-3-4-12(9-14(10)17)16-18-15(19-23-16)11-5-7-13(8-6-11)20-24(2,21)22/h3-9,20H,1-2H3. The van der Waals surface area contributed by atoms with E-state index in [2.05, 4.69) is 14.9 Å². The van der Waals surface area contributed by atoms with Gasteiger partial charge in [-0.05, 0) is 48.9 Å². The predicted octanol–water partition coefficient (Wildman–Crippen LogP) is 3.22. The van der Waals surface area contributed by atoms with E-state index in [9.17, 15) is 12.8 Å². The van der Waals surface area contributed by atoms with Gasteiger partial charge in [-0.15, -0.1) is 0 Å². The summed E-state index contributed by atoms with van der Waals surface area (Å²) in [6.07, 6.45) is 1.08. The highest BCUT2D eigenvalue weighted by Gasteiger charge is 2.12. The minimum Gasteiger partial charge on any atom is -0.334 e. The summed E-state index contributed by atoms with van der Waals surface area (Å²) in [5.74, 6) is 0.197. The Balaban J connectivity index is 1.86. The Kier molecular flexibility index (Phi) is 4.06. The smallest absolute Gasteiger partial charge is 0.258 e. The fraction of sp³-hybridized carbons (Fsp3) is 0.125. The molecule has 0 aliphatic carbocycles. The summed E-state index contributed by atoms with van der Waals surface area (Å²) in [6.45, 7) is 1.67. The van der Waals surface area contributed by atoms with Crippen LogP contribution in [0.1, 0.15) is 5.56 Å². The molecule has 0 saturated carbocycles. The molecule has 124 valence electrons. The highest BCUT2D eigenvalue weighted by molar-refractivity contribution is 7.92. The van der Waals surface area contributed by atoms with Crippen LogP contribution in [0.25, 0.3) is 22.8 Å². The molecule has 6 nitrogen and oxygen atoms in total. The maximum Gasteiger partial charge on any atom is 0.258 e. The van der Waals surface area contributed by atoms with Crippen molar-refractivity contribution in [1.29, 1.82) is 0 Å². The Bertz CT molecular complexity index is 982. The summed E-state index contributed by atoms with van der Waals surface area (Å²) in [6, 6.07) is 11.2. The van der Waals surface area contributed by atoms with Gasteiger partial charge in [0.1, 0.15) is 5.82 Å².